The Bertz CT molecular complexity index is 1090. The second-order valence-corrected chi connectivity index (χ2v) is 6.78. The van der Waals surface area contributed by atoms with Gasteiger partial charge in [0.05, 0.1) is 11.4 Å². The van der Waals surface area contributed by atoms with E-state index in [4.69, 9.17) is 0 Å². The van der Waals surface area contributed by atoms with Crippen LogP contribution in [0.4, 0.5) is 0 Å². The van der Waals surface area contributed by atoms with Crippen molar-refractivity contribution >= 4 is 21.9 Å². The van der Waals surface area contributed by atoms with Gasteiger partial charge in [0.2, 0.25) is 0 Å². The Morgan fingerprint density at radius 1 is 0.889 bits per heavy atom. The van der Waals surface area contributed by atoms with Crippen molar-refractivity contribution in [3.63, 3.8) is 0 Å². The predicted octanol–water partition coefficient (Wildman–Crippen LogP) is 5.06. The number of hydrogen-bond donors (Lipinski definition) is 1. The molecule has 4 rings (SSSR count). The van der Waals surface area contributed by atoms with E-state index in [1.165, 1.54) is 0 Å². The second-order valence-electron chi connectivity index (χ2n) is 5.87. The molecule has 0 spiro atoms. The Morgan fingerprint density at radius 2 is 1.56 bits per heavy atom. The van der Waals surface area contributed by atoms with Gasteiger partial charge >= 0.3 is 5.97 Å². The predicted molar refractivity (Wildman–Crippen MR) is 107 cm³/mol. The lowest BCUT2D eigenvalue weighted by molar-refractivity contribution is 0.0698. The first-order valence-corrected chi connectivity index (χ1v) is 9.02. The van der Waals surface area contributed by atoms with E-state index in [0.717, 1.165) is 15.7 Å². The van der Waals surface area contributed by atoms with Gasteiger partial charge in [-0.1, -0.05) is 46.3 Å². The van der Waals surface area contributed by atoms with Crippen LogP contribution < -0.4 is 0 Å². The summed E-state index contributed by atoms with van der Waals surface area (Å²) in [6.45, 7) is 0. The molecule has 0 aliphatic carbocycles. The normalized spacial score (nSPS) is 10.7. The van der Waals surface area contributed by atoms with Gasteiger partial charge < -0.3 is 5.11 Å². The monoisotopic (exact) mass is 419 g/mol. The van der Waals surface area contributed by atoms with Crippen molar-refractivity contribution in [3.8, 4) is 28.2 Å². The second kappa shape index (κ2) is 7.17. The highest BCUT2D eigenvalue weighted by atomic mass is 79.9. The van der Waals surface area contributed by atoms with E-state index < -0.39 is 5.97 Å². The van der Waals surface area contributed by atoms with Gasteiger partial charge in [-0.05, 0) is 36.4 Å². The van der Waals surface area contributed by atoms with Crippen molar-refractivity contribution in [1.29, 1.82) is 0 Å². The molecule has 132 valence electrons. The van der Waals surface area contributed by atoms with E-state index in [2.05, 4.69) is 26.0 Å². The highest BCUT2D eigenvalue weighted by Crippen LogP contribution is 2.34. The van der Waals surface area contributed by atoms with Crippen LogP contribution >= 0.6 is 15.9 Å². The zero-order valence-electron chi connectivity index (χ0n) is 14.1. The number of hydrogen-bond acceptors (Lipinski definition) is 3. The zero-order valence-corrected chi connectivity index (χ0v) is 15.7. The van der Waals surface area contributed by atoms with Gasteiger partial charge in [-0.3, -0.25) is 4.98 Å². The summed E-state index contributed by atoms with van der Waals surface area (Å²) in [6, 6.07) is 20.5. The number of carboxylic acids is 1. The lowest BCUT2D eigenvalue weighted by Crippen LogP contribution is -2.03. The molecule has 5 nitrogen and oxygen atoms in total. The lowest BCUT2D eigenvalue weighted by Gasteiger charge is -2.09. The topological polar surface area (TPSA) is 68.0 Å². The van der Waals surface area contributed by atoms with Crippen LogP contribution in [0, 0.1) is 0 Å². The average molecular weight is 420 g/mol. The van der Waals surface area contributed by atoms with Crippen molar-refractivity contribution in [3.05, 3.63) is 89.2 Å². The van der Waals surface area contributed by atoms with Gasteiger partial charge in [-0.2, -0.15) is 5.10 Å². The van der Waals surface area contributed by atoms with Gasteiger partial charge in [-0.15, -0.1) is 0 Å². The van der Waals surface area contributed by atoms with E-state index in [9.17, 15) is 9.90 Å². The minimum Gasteiger partial charge on any atom is -0.478 e. The third-order valence-electron chi connectivity index (χ3n) is 4.17. The maximum atomic E-state index is 12.2. The first-order valence-electron chi connectivity index (χ1n) is 8.23. The van der Waals surface area contributed by atoms with Gasteiger partial charge in [-0.25, -0.2) is 9.48 Å². The minimum absolute atomic E-state index is 0.162. The molecule has 0 aliphatic rings. The summed E-state index contributed by atoms with van der Waals surface area (Å²) in [4.78, 5) is 16.2. The SMILES string of the molecule is O=C(O)c1c(-c2ccncc2)nn(-c2ccc(Br)cc2)c1-c1ccccc1. The molecule has 0 radical (unpaired) electrons. The number of halogens is 1. The maximum absolute atomic E-state index is 12.2. The number of rotatable bonds is 4. The molecular weight excluding hydrogens is 406 g/mol. The molecular formula is C21H14BrN3O2. The van der Waals surface area contributed by atoms with Crippen molar-refractivity contribution in [2.24, 2.45) is 0 Å². The molecule has 0 unspecified atom stereocenters. The molecule has 2 heterocycles. The molecule has 0 bridgehead atoms. The Morgan fingerprint density at radius 3 is 2.19 bits per heavy atom. The fraction of sp³-hybridized carbons (Fsp3) is 0. The molecule has 0 saturated carbocycles. The van der Waals surface area contributed by atoms with Gasteiger partial charge in [0.25, 0.3) is 0 Å². The molecule has 0 atom stereocenters. The van der Waals surface area contributed by atoms with Crippen molar-refractivity contribution in [2.75, 3.05) is 0 Å². The quantitative estimate of drug-likeness (QED) is 0.501. The molecule has 6 heteroatoms. The highest BCUT2D eigenvalue weighted by Gasteiger charge is 2.26. The number of carbonyl (C=O) groups is 1. The van der Waals surface area contributed by atoms with Crippen LogP contribution in [0.1, 0.15) is 10.4 Å². The van der Waals surface area contributed by atoms with Crippen LogP contribution in [-0.2, 0) is 0 Å². The first kappa shape index (κ1) is 17.2. The number of pyridine rings is 1. The highest BCUT2D eigenvalue weighted by molar-refractivity contribution is 9.10. The van der Waals surface area contributed by atoms with Gasteiger partial charge in [0.1, 0.15) is 11.3 Å². The van der Waals surface area contributed by atoms with Crippen LogP contribution in [0.5, 0.6) is 0 Å². The third-order valence-corrected chi connectivity index (χ3v) is 4.70. The van der Waals surface area contributed by atoms with Crippen LogP contribution in [0.15, 0.2) is 83.6 Å². The lowest BCUT2D eigenvalue weighted by atomic mass is 10.0. The van der Waals surface area contributed by atoms with Crippen molar-refractivity contribution in [1.82, 2.24) is 14.8 Å². The van der Waals surface area contributed by atoms with Crippen molar-refractivity contribution < 1.29 is 9.90 Å². The summed E-state index contributed by atoms with van der Waals surface area (Å²) in [5.41, 5.74) is 3.38. The number of benzene rings is 2. The Kier molecular flexibility index (Phi) is 4.56. The van der Waals surface area contributed by atoms with Gasteiger partial charge in [0, 0.05) is 28.0 Å². The molecule has 0 saturated heterocycles. The van der Waals surface area contributed by atoms with Crippen LogP contribution in [0.2, 0.25) is 0 Å². The number of nitrogens with zero attached hydrogens (tertiary/aromatic N) is 3. The molecule has 0 fully saturated rings. The molecule has 2 aromatic heterocycles. The van der Waals surface area contributed by atoms with Crippen LogP contribution in [0.25, 0.3) is 28.2 Å². The van der Waals surface area contributed by atoms with E-state index in [-0.39, 0.29) is 5.56 Å². The largest absolute Gasteiger partial charge is 0.478 e. The first-order chi connectivity index (χ1) is 13.1. The third kappa shape index (κ3) is 3.27. The molecule has 0 amide bonds. The fourth-order valence-electron chi connectivity index (χ4n) is 2.96. The standard InChI is InChI=1S/C21H14BrN3O2/c22-16-6-8-17(9-7-16)25-20(15-4-2-1-3-5-15)18(21(26)27)19(24-25)14-10-12-23-13-11-14/h1-13H,(H,26,27). The van der Waals surface area contributed by atoms with E-state index in [0.29, 0.717) is 17.0 Å². The molecule has 0 aliphatic heterocycles. The Balaban J connectivity index is 2.06. The molecule has 2 aromatic carbocycles. The van der Waals surface area contributed by atoms with E-state index in [1.807, 2.05) is 54.6 Å². The molecule has 1 N–H and O–H groups in total. The van der Waals surface area contributed by atoms with Crippen LogP contribution in [-0.4, -0.2) is 25.8 Å². The molecule has 4 aromatic rings. The summed E-state index contributed by atoms with van der Waals surface area (Å²) in [6.07, 6.45) is 3.25. The number of carboxylic acid groups (broad SMARTS) is 1. The van der Waals surface area contributed by atoms with Crippen molar-refractivity contribution in [2.45, 2.75) is 0 Å². The van der Waals surface area contributed by atoms with E-state index >= 15 is 0 Å². The zero-order chi connectivity index (χ0) is 18.8. The minimum atomic E-state index is -1.02. The summed E-state index contributed by atoms with van der Waals surface area (Å²) < 4.78 is 2.62. The fourth-order valence-corrected chi connectivity index (χ4v) is 3.23. The number of aromatic nitrogens is 3. The summed E-state index contributed by atoms with van der Waals surface area (Å²) >= 11 is 3.43. The van der Waals surface area contributed by atoms with Crippen LogP contribution in [0.3, 0.4) is 0 Å². The summed E-state index contributed by atoms with van der Waals surface area (Å²) in [5.74, 6) is -1.02. The van der Waals surface area contributed by atoms with Gasteiger partial charge in [0.15, 0.2) is 0 Å². The Hall–Kier alpha value is -3.25. The molecule has 27 heavy (non-hydrogen) atoms. The smallest absolute Gasteiger partial charge is 0.340 e. The van der Waals surface area contributed by atoms with E-state index in [1.54, 1.807) is 29.2 Å². The maximum Gasteiger partial charge on any atom is 0.340 e. The number of aromatic carboxylic acids is 1. The Labute approximate surface area is 164 Å². The summed E-state index contributed by atoms with van der Waals surface area (Å²) in [7, 11) is 0. The average Bonchev–Trinajstić information content (AvgIpc) is 3.11. The summed E-state index contributed by atoms with van der Waals surface area (Å²) in [5, 5.41) is 14.7.